The summed E-state index contributed by atoms with van der Waals surface area (Å²) in [6.45, 7) is 3.38. The molecule has 0 atom stereocenters. The van der Waals surface area contributed by atoms with Gasteiger partial charge in [0.1, 0.15) is 5.76 Å². The topological polar surface area (TPSA) is 83.7 Å². The summed E-state index contributed by atoms with van der Waals surface area (Å²) in [5, 5.41) is 8.90. The first-order chi connectivity index (χ1) is 12.5. The van der Waals surface area contributed by atoms with E-state index in [-0.39, 0.29) is 18.2 Å². The van der Waals surface area contributed by atoms with E-state index in [2.05, 4.69) is 15.8 Å². The lowest BCUT2D eigenvalue weighted by atomic mass is 10.1. The molecule has 0 spiro atoms. The van der Waals surface area contributed by atoms with Crippen LogP contribution in [0.5, 0.6) is 0 Å². The number of fused-ring (bicyclic) bond motifs is 1. The molecule has 6 heteroatoms. The van der Waals surface area contributed by atoms with Crippen molar-refractivity contribution in [3.05, 3.63) is 66.1 Å². The molecule has 0 fully saturated rings. The van der Waals surface area contributed by atoms with Crippen molar-refractivity contribution in [2.75, 3.05) is 5.32 Å². The standard InChI is InChI=1S/C20H19N3O3/c1-13(22-23-20(25)16-10-11-26-14(16)2)12-19(24)21-18-9-5-7-15-6-3-4-8-17(15)18/h3-11H,12H2,1-2H3,(H,21,24)(H,23,25). The summed E-state index contributed by atoms with van der Waals surface area (Å²) in [7, 11) is 0. The molecule has 0 aliphatic carbocycles. The van der Waals surface area contributed by atoms with Crippen molar-refractivity contribution in [1.29, 1.82) is 0 Å². The van der Waals surface area contributed by atoms with E-state index >= 15 is 0 Å². The number of amides is 2. The number of furan rings is 1. The van der Waals surface area contributed by atoms with Gasteiger partial charge in [0.05, 0.1) is 18.2 Å². The fraction of sp³-hybridized carbons (Fsp3) is 0.150. The van der Waals surface area contributed by atoms with Gasteiger partial charge in [0.25, 0.3) is 5.91 Å². The number of nitrogens with one attached hydrogen (secondary N) is 2. The van der Waals surface area contributed by atoms with Crippen LogP contribution >= 0.6 is 0 Å². The van der Waals surface area contributed by atoms with Crippen LogP contribution in [-0.4, -0.2) is 17.5 Å². The van der Waals surface area contributed by atoms with Gasteiger partial charge in [0.15, 0.2) is 0 Å². The number of aryl methyl sites for hydroxylation is 1. The van der Waals surface area contributed by atoms with Crippen molar-refractivity contribution in [2.24, 2.45) is 5.10 Å². The van der Waals surface area contributed by atoms with Crippen LogP contribution in [0.25, 0.3) is 10.8 Å². The van der Waals surface area contributed by atoms with E-state index in [4.69, 9.17) is 4.42 Å². The minimum absolute atomic E-state index is 0.0773. The van der Waals surface area contributed by atoms with Crippen molar-refractivity contribution < 1.29 is 14.0 Å². The molecule has 2 aromatic carbocycles. The molecule has 0 aliphatic heterocycles. The molecule has 3 aromatic rings. The highest BCUT2D eigenvalue weighted by atomic mass is 16.3. The SMILES string of the molecule is CC(CC(=O)Nc1cccc2ccccc12)=NNC(=O)c1ccoc1C. The molecular formula is C20H19N3O3. The van der Waals surface area contributed by atoms with E-state index in [9.17, 15) is 9.59 Å². The Morgan fingerprint density at radius 3 is 2.62 bits per heavy atom. The van der Waals surface area contributed by atoms with E-state index in [0.717, 1.165) is 16.5 Å². The van der Waals surface area contributed by atoms with Gasteiger partial charge in [0.2, 0.25) is 5.91 Å². The molecule has 0 aliphatic rings. The van der Waals surface area contributed by atoms with Crippen LogP contribution in [-0.2, 0) is 4.79 Å². The summed E-state index contributed by atoms with van der Waals surface area (Å²) in [4.78, 5) is 24.2. The highest BCUT2D eigenvalue weighted by molar-refractivity contribution is 6.09. The van der Waals surface area contributed by atoms with Crippen molar-refractivity contribution in [3.8, 4) is 0 Å². The van der Waals surface area contributed by atoms with E-state index < -0.39 is 0 Å². The molecule has 0 saturated carbocycles. The molecule has 1 aromatic heterocycles. The highest BCUT2D eigenvalue weighted by Crippen LogP contribution is 2.23. The molecule has 0 unspecified atom stereocenters. The Labute approximate surface area is 150 Å². The fourth-order valence-corrected chi connectivity index (χ4v) is 2.63. The van der Waals surface area contributed by atoms with Gasteiger partial charge >= 0.3 is 0 Å². The van der Waals surface area contributed by atoms with Crippen LogP contribution in [0.15, 0.2) is 64.3 Å². The van der Waals surface area contributed by atoms with E-state index in [1.165, 1.54) is 6.26 Å². The Morgan fingerprint density at radius 2 is 1.85 bits per heavy atom. The second-order valence-corrected chi connectivity index (χ2v) is 5.93. The Balaban J connectivity index is 1.62. The van der Waals surface area contributed by atoms with Gasteiger partial charge in [-0.25, -0.2) is 5.43 Å². The largest absolute Gasteiger partial charge is 0.469 e. The molecule has 0 saturated heterocycles. The number of hydrazone groups is 1. The number of rotatable bonds is 5. The molecular weight excluding hydrogens is 330 g/mol. The number of hydrogen-bond acceptors (Lipinski definition) is 4. The first-order valence-corrected chi connectivity index (χ1v) is 8.20. The third-order valence-corrected chi connectivity index (χ3v) is 3.93. The van der Waals surface area contributed by atoms with Crippen LogP contribution in [0, 0.1) is 6.92 Å². The van der Waals surface area contributed by atoms with Gasteiger partial charge in [-0.05, 0) is 31.4 Å². The second-order valence-electron chi connectivity index (χ2n) is 5.93. The quantitative estimate of drug-likeness (QED) is 0.542. The number of benzene rings is 2. The lowest BCUT2D eigenvalue weighted by Gasteiger charge is -2.08. The lowest BCUT2D eigenvalue weighted by Crippen LogP contribution is -2.21. The zero-order valence-corrected chi connectivity index (χ0v) is 14.6. The van der Waals surface area contributed by atoms with Crippen LogP contribution in [0.4, 0.5) is 5.69 Å². The molecule has 2 N–H and O–H groups in total. The zero-order chi connectivity index (χ0) is 18.5. The van der Waals surface area contributed by atoms with Gasteiger partial charge in [0, 0.05) is 16.8 Å². The summed E-state index contributed by atoms with van der Waals surface area (Å²) < 4.78 is 5.09. The Bertz CT molecular complexity index is 983. The van der Waals surface area contributed by atoms with Gasteiger partial charge < -0.3 is 9.73 Å². The van der Waals surface area contributed by atoms with Crippen molar-refractivity contribution in [3.63, 3.8) is 0 Å². The third kappa shape index (κ3) is 3.97. The third-order valence-electron chi connectivity index (χ3n) is 3.93. The van der Waals surface area contributed by atoms with Crippen molar-refractivity contribution in [1.82, 2.24) is 5.43 Å². The number of carbonyl (C=O) groups is 2. The summed E-state index contributed by atoms with van der Waals surface area (Å²) in [6, 6.07) is 15.1. The maximum absolute atomic E-state index is 12.3. The Kier molecular flexibility index (Phi) is 5.12. The summed E-state index contributed by atoms with van der Waals surface area (Å²) >= 11 is 0. The van der Waals surface area contributed by atoms with Crippen LogP contribution < -0.4 is 10.7 Å². The summed E-state index contributed by atoms with van der Waals surface area (Å²) in [5.41, 5.74) is 4.10. The fourth-order valence-electron chi connectivity index (χ4n) is 2.63. The molecule has 132 valence electrons. The highest BCUT2D eigenvalue weighted by Gasteiger charge is 2.11. The molecule has 0 radical (unpaired) electrons. The molecule has 26 heavy (non-hydrogen) atoms. The van der Waals surface area contributed by atoms with Crippen LogP contribution in [0.3, 0.4) is 0 Å². The molecule has 3 rings (SSSR count). The van der Waals surface area contributed by atoms with Crippen molar-refractivity contribution >= 4 is 34.0 Å². The Morgan fingerprint density at radius 1 is 1.08 bits per heavy atom. The van der Waals surface area contributed by atoms with Crippen molar-refractivity contribution in [2.45, 2.75) is 20.3 Å². The minimum atomic E-state index is -0.370. The first-order valence-electron chi connectivity index (χ1n) is 8.20. The van der Waals surface area contributed by atoms with Crippen LogP contribution in [0.1, 0.15) is 29.5 Å². The van der Waals surface area contributed by atoms with Gasteiger partial charge in [-0.15, -0.1) is 0 Å². The first kappa shape index (κ1) is 17.4. The summed E-state index contributed by atoms with van der Waals surface area (Å²) in [5.74, 6) is -0.0505. The molecule has 1 heterocycles. The number of nitrogens with zero attached hydrogens (tertiary/aromatic N) is 1. The normalized spacial score (nSPS) is 11.4. The van der Waals surface area contributed by atoms with Gasteiger partial charge in [-0.2, -0.15) is 5.10 Å². The maximum atomic E-state index is 12.3. The number of hydrogen-bond donors (Lipinski definition) is 2. The van der Waals surface area contributed by atoms with Gasteiger partial charge in [-0.3, -0.25) is 9.59 Å². The average Bonchev–Trinajstić information content (AvgIpc) is 3.06. The van der Waals surface area contributed by atoms with E-state index in [1.54, 1.807) is 19.9 Å². The predicted molar refractivity (Wildman–Crippen MR) is 101 cm³/mol. The van der Waals surface area contributed by atoms with E-state index in [1.807, 2.05) is 42.5 Å². The smallest absolute Gasteiger partial charge is 0.274 e. The van der Waals surface area contributed by atoms with Gasteiger partial charge in [-0.1, -0.05) is 36.4 Å². The lowest BCUT2D eigenvalue weighted by molar-refractivity contribution is -0.115. The number of anilines is 1. The monoisotopic (exact) mass is 349 g/mol. The predicted octanol–water partition coefficient (Wildman–Crippen LogP) is 3.88. The minimum Gasteiger partial charge on any atom is -0.469 e. The molecule has 2 amide bonds. The van der Waals surface area contributed by atoms with Crippen LogP contribution in [0.2, 0.25) is 0 Å². The Hall–Kier alpha value is -3.41. The zero-order valence-electron chi connectivity index (χ0n) is 14.6. The molecule has 0 bridgehead atoms. The summed E-state index contributed by atoms with van der Waals surface area (Å²) in [6.07, 6.45) is 1.52. The second kappa shape index (κ2) is 7.65. The average molecular weight is 349 g/mol. The van der Waals surface area contributed by atoms with E-state index in [0.29, 0.717) is 17.0 Å². The molecule has 6 nitrogen and oxygen atoms in total. The number of carbonyl (C=O) groups excluding carboxylic acids is 2. The maximum Gasteiger partial charge on any atom is 0.274 e.